The third kappa shape index (κ3) is 4.26. The van der Waals surface area contributed by atoms with Crippen LogP contribution in [-0.4, -0.2) is 18.0 Å². The summed E-state index contributed by atoms with van der Waals surface area (Å²) < 4.78 is 11.2. The molecule has 1 N–H and O–H groups in total. The van der Waals surface area contributed by atoms with Gasteiger partial charge in [-0.1, -0.05) is 30.3 Å². The first-order valence-corrected chi connectivity index (χ1v) is 8.69. The average Bonchev–Trinajstić information content (AvgIpc) is 2.69. The van der Waals surface area contributed by atoms with E-state index in [-0.39, 0.29) is 5.91 Å². The van der Waals surface area contributed by atoms with E-state index in [9.17, 15) is 4.79 Å². The number of nitrogens with zero attached hydrogens (tertiary/aromatic N) is 1. The van der Waals surface area contributed by atoms with Gasteiger partial charge in [-0.3, -0.25) is 4.79 Å². The van der Waals surface area contributed by atoms with E-state index in [1.54, 1.807) is 13.3 Å². The number of benzene rings is 2. The van der Waals surface area contributed by atoms with Crippen molar-refractivity contribution < 1.29 is 14.3 Å². The smallest absolute Gasteiger partial charge is 0.251 e. The summed E-state index contributed by atoms with van der Waals surface area (Å²) in [6.07, 6.45) is 1.65. The summed E-state index contributed by atoms with van der Waals surface area (Å²) in [5, 5.41) is 2.95. The van der Waals surface area contributed by atoms with Crippen LogP contribution in [-0.2, 0) is 6.54 Å². The molecule has 1 amide bonds. The largest absolute Gasteiger partial charge is 0.493 e. The minimum atomic E-state index is -0.122. The molecule has 0 unspecified atom stereocenters. The van der Waals surface area contributed by atoms with Crippen molar-refractivity contribution in [2.75, 3.05) is 7.11 Å². The Labute approximate surface area is 159 Å². The van der Waals surface area contributed by atoms with E-state index in [2.05, 4.69) is 10.3 Å². The van der Waals surface area contributed by atoms with Gasteiger partial charge in [-0.15, -0.1) is 0 Å². The van der Waals surface area contributed by atoms with Crippen molar-refractivity contribution in [3.05, 3.63) is 83.0 Å². The lowest BCUT2D eigenvalue weighted by Crippen LogP contribution is -2.24. The second-order valence-corrected chi connectivity index (χ2v) is 6.15. The molecule has 0 bridgehead atoms. The number of aryl methyl sites for hydroxylation is 1. The lowest BCUT2D eigenvalue weighted by Gasteiger charge is -2.13. The highest BCUT2D eigenvalue weighted by Crippen LogP contribution is 2.31. The van der Waals surface area contributed by atoms with Crippen LogP contribution in [0.1, 0.15) is 27.0 Å². The van der Waals surface area contributed by atoms with E-state index in [4.69, 9.17) is 9.47 Å². The topological polar surface area (TPSA) is 60.5 Å². The molecule has 3 aromatic rings. The van der Waals surface area contributed by atoms with E-state index >= 15 is 0 Å². The Morgan fingerprint density at radius 3 is 2.56 bits per heavy atom. The van der Waals surface area contributed by atoms with Gasteiger partial charge in [-0.05, 0) is 49.2 Å². The van der Waals surface area contributed by atoms with E-state index in [0.717, 1.165) is 16.7 Å². The molecular formula is C22H22N2O3. The first-order chi connectivity index (χ1) is 13.1. The van der Waals surface area contributed by atoms with Crippen molar-refractivity contribution in [1.29, 1.82) is 0 Å². The van der Waals surface area contributed by atoms with Gasteiger partial charge >= 0.3 is 0 Å². The fourth-order valence-corrected chi connectivity index (χ4v) is 2.73. The predicted molar refractivity (Wildman–Crippen MR) is 104 cm³/mol. The Kier molecular flexibility index (Phi) is 5.71. The monoisotopic (exact) mass is 362 g/mol. The second-order valence-electron chi connectivity index (χ2n) is 6.15. The maximum atomic E-state index is 12.6. The fraction of sp³-hybridized carbons (Fsp3) is 0.182. The summed E-state index contributed by atoms with van der Waals surface area (Å²) in [4.78, 5) is 16.9. The second kappa shape index (κ2) is 8.36. The third-order valence-electron chi connectivity index (χ3n) is 4.41. The third-order valence-corrected chi connectivity index (χ3v) is 4.41. The first-order valence-electron chi connectivity index (χ1n) is 8.69. The van der Waals surface area contributed by atoms with Gasteiger partial charge in [0.15, 0.2) is 11.5 Å². The molecule has 5 nitrogen and oxygen atoms in total. The van der Waals surface area contributed by atoms with Crippen molar-refractivity contribution in [2.24, 2.45) is 0 Å². The molecule has 0 saturated carbocycles. The van der Waals surface area contributed by atoms with Gasteiger partial charge in [-0.25, -0.2) is 4.98 Å². The summed E-state index contributed by atoms with van der Waals surface area (Å²) >= 11 is 0. The van der Waals surface area contributed by atoms with Crippen molar-refractivity contribution >= 4 is 5.91 Å². The van der Waals surface area contributed by atoms with Crippen LogP contribution in [0.15, 0.2) is 60.8 Å². The lowest BCUT2D eigenvalue weighted by atomic mass is 10.0. The quantitative estimate of drug-likeness (QED) is 0.705. The Hall–Kier alpha value is -3.34. The SMILES string of the molecule is COc1ccccc1Oc1ncccc1CNC(=O)c1cccc(C)c1C. The van der Waals surface area contributed by atoms with Crippen LogP contribution in [0.25, 0.3) is 0 Å². The number of rotatable bonds is 6. The number of carbonyl (C=O) groups is 1. The summed E-state index contributed by atoms with van der Waals surface area (Å²) in [5.41, 5.74) is 3.52. The molecule has 138 valence electrons. The van der Waals surface area contributed by atoms with Crippen LogP contribution in [0.3, 0.4) is 0 Å². The molecule has 1 heterocycles. The van der Waals surface area contributed by atoms with Gasteiger partial charge < -0.3 is 14.8 Å². The maximum Gasteiger partial charge on any atom is 0.251 e. The van der Waals surface area contributed by atoms with Crippen LogP contribution in [0.5, 0.6) is 17.4 Å². The Morgan fingerprint density at radius 1 is 1.00 bits per heavy atom. The maximum absolute atomic E-state index is 12.6. The molecule has 0 saturated heterocycles. The van der Waals surface area contributed by atoms with Crippen molar-refractivity contribution in [3.63, 3.8) is 0 Å². The van der Waals surface area contributed by atoms with E-state index < -0.39 is 0 Å². The summed E-state index contributed by atoms with van der Waals surface area (Å²) in [5.74, 6) is 1.50. The van der Waals surface area contributed by atoms with E-state index in [1.807, 2.05) is 68.4 Å². The van der Waals surface area contributed by atoms with Crippen molar-refractivity contribution in [3.8, 4) is 17.4 Å². The number of pyridine rings is 1. The van der Waals surface area contributed by atoms with Crippen molar-refractivity contribution in [1.82, 2.24) is 10.3 Å². The van der Waals surface area contributed by atoms with Gasteiger partial charge in [-0.2, -0.15) is 0 Å². The van der Waals surface area contributed by atoms with Crippen LogP contribution in [0.4, 0.5) is 0 Å². The van der Waals surface area contributed by atoms with E-state index in [1.165, 1.54) is 0 Å². The number of nitrogens with one attached hydrogen (secondary N) is 1. The van der Waals surface area contributed by atoms with Crippen LogP contribution < -0.4 is 14.8 Å². The zero-order chi connectivity index (χ0) is 19.2. The highest BCUT2D eigenvalue weighted by atomic mass is 16.5. The molecule has 0 aliphatic heterocycles. The van der Waals surface area contributed by atoms with E-state index in [0.29, 0.717) is 29.5 Å². The average molecular weight is 362 g/mol. The van der Waals surface area contributed by atoms with Crippen molar-refractivity contribution in [2.45, 2.75) is 20.4 Å². The standard InChI is InChI=1S/C22H22N2O3/c1-15-8-6-10-18(16(15)2)21(25)24-14-17-9-7-13-23-22(17)27-20-12-5-4-11-19(20)26-3/h4-13H,14H2,1-3H3,(H,24,25). The van der Waals surface area contributed by atoms with Gasteiger partial charge in [0, 0.05) is 23.9 Å². The number of amides is 1. The van der Waals surface area contributed by atoms with Gasteiger partial charge in [0.05, 0.1) is 7.11 Å². The Bertz CT molecular complexity index is 954. The van der Waals surface area contributed by atoms with Crippen LogP contribution in [0.2, 0.25) is 0 Å². The Balaban J connectivity index is 1.76. The zero-order valence-corrected chi connectivity index (χ0v) is 15.7. The van der Waals surface area contributed by atoms with Gasteiger partial charge in [0.25, 0.3) is 5.91 Å². The van der Waals surface area contributed by atoms with Gasteiger partial charge in [0.2, 0.25) is 5.88 Å². The normalized spacial score (nSPS) is 10.3. The molecule has 0 radical (unpaired) electrons. The highest BCUT2D eigenvalue weighted by Gasteiger charge is 2.13. The van der Waals surface area contributed by atoms with Gasteiger partial charge in [0.1, 0.15) is 0 Å². The lowest BCUT2D eigenvalue weighted by molar-refractivity contribution is 0.0950. The fourth-order valence-electron chi connectivity index (χ4n) is 2.73. The number of ether oxygens (including phenoxy) is 2. The molecule has 0 aliphatic rings. The van der Waals surface area contributed by atoms with Crippen LogP contribution in [0, 0.1) is 13.8 Å². The van der Waals surface area contributed by atoms with Crippen LogP contribution >= 0.6 is 0 Å². The molecule has 3 rings (SSSR count). The minimum absolute atomic E-state index is 0.122. The predicted octanol–water partition coefficient (Wildman–Crippen LogP) is 4.43. The minimum Gasteiger partial charge on any atom is -0.493 e. The molecule has 27 heavy (non-hydrogen) atoms. The molecule has 0 fully saturated rings. The molecule has 5 heteroatoms. The molecule has 0 atom stereocenters. The number of aromatic nitrogens is 1. The summed E-state index contributed by atoms with van der Waals surface area (Å²) in [6, 6.07) is 16.8. The summed E-state index contributed by atoms with van der Waals surface area (Å²) in [6.45, 7) is 4.25. The number of hydrogen-bond donors (Lipinski definition) is 1. The highest BCUT2D eigenvalue weighted by molar-refractivity contribution is 5.95. The zero-order valence-electron chi connectivity index (χ0n) is 15.7. The number of carbonyl (C=O) groups excluding carboxylic acids is 1. The number of para-hydroxylation sites is 2. The molecule has 0 aliphatic carbocycles. The molecular weight excluding hydrogens is 340 g/mol. The molecule has 0 spiro atoms. The Morgan fingerprint density at radius 2 is 1.78 bits per heavy atom. The molecule has 1 aromatic heterocycles. The number of methoxy groups -OCH3 is 1. The summed E-state index contributed by atoms with van der Waals surface area (Å²) in [7, 11) is 1.59. The number of hydrogen-bond acceptors (Lipinski definition) is 4. The first kappa shape index (κ1) is 18.5. The molecule has 2 aromatic carbocycles.